The number of halogens is 1. The topological polar surface area (TPSA) is 103 Å². The predicted octanol–water partition coefficient (Wildman–Crippen LogP) is 1.67. The normalized spacial score (nSPS) is 11.4. The highest BCUT2D eigenvalue weighted by atomic mass is 35.5. The maximum absolute atomic E-state index is 11.3. The van der Waals surface area contributed by atoms with Gasteiger partial charge in [-0.05, 0) is 32.0 Å². The Hall–Kier alpha value is -2.41. The van der Waals surface area contributed by atoms with E-state index in [0.29, 0.717) is 16.3 Å². The molecule has 0 radical (unpaired) electrons. The Bertz CT molecular complexity index is 726. The number of anilines is 1. The van der Waals surface area contributed by atoms with E-state index in [1.54, 1.807) is 26.0 Å². The number of hydrogen-bond acceptors (Lipinski definition) is 6. The molecule has 1 aromatic heterocycles. The number of aromatic hydroxyl groups is 1. The van der Waals surface area contributed by atoms with E-state index in [2.05, 4.69) is 25.7 Å². The molecule has 3 N–H and O–H groups in total. The lowest BCUT2D eigenvalue weighted by molar-refractivity contribution is 0.474. The van der Waals surface area contributed by atoms with Gasteiger partial charge < -0.3 is 5.11 Å². The highest BCUT2D eigenvalue weighted by Gasteiger charge is 2.06. The fraction of sp³-hybridized carbons (Fsp3) is 0.167. The van der Waals surface area contributed by atoms with Crippen LogP contribution in [0.1, 0.15) is 18.2 Å². The Morgan fingerprint density at radius 2 is 2.20 bits per heavy atom. The van der Waals surface area contributed by atoms with Gasteiger partial charge in [0.25, 0.3) is 5.56 Å². The van der Waals surface area contributed by atoms with Crippen LogP contribution in [0.2, 0.25) is 5.02 Å². The van der Waals surface area contributed by atoms with Crippen LogP contribution in [0.4, 0.5) is 5.95 Å². The number of phenolic OH excluding ortho intramolecular Hbond substituents is 1. The average Bonchev–Trinajstić information content (AvgIpc) is 2.42. The molecule has 8 heteroatoms. The van der Waals surface area contributed by atoms with E-state index in [1.807, 2.05) is 0 Å². The van der Waals surface area contributed by atoms with Crippen LogP contribution in [0.15, 0.2) is 28.1 Å². The molecule has 1 heterocycles. The lowest BCUT2D eigenvalue weighted by atomic mass is 10.1. The summed E-state index contributed by atoms with van der Waals surface area (Å²) in [6, 6.07) is 4.63. The minimum atomic E-state index is -0.346. The van der Waals surface area contributed by atoms with Crippen LogP contribution < -0.4 is 11.0 Å². The zero-order valence-electron chi connectivity index (χ0n) is 10.8. The van der Waals surface area contributed by atoms with E-state index < -0.39 is 0 Å². The molecule has 7 nitrogen and oxygen atoms in total. The van der Waals surface area contributed by atoms with Crippen LogP contribution in [-0.2, 0) is 0 Å². The first kappa shape index (κ1) is 14.0. The molecule has 0 spiro atoms. The zero-order valence-corrected chi connectivity index (χ0v) is 11.6. The van der Waals surface area contributed by atoms with Crippen molar-refractivity contribution in [3.05, 3.63) is 44.8 Å². The molecule has 0 unspecified atom stereocenters. The third kappa shape index (κ3) is 3.12. The summed E-state index contributed by atoms with van der Waals surface area (Å²) in [6.07, 6.45) is 0. The van der Waals surface area contributed by atoms with Crippen LogP contribution in [0.3, 0.4) is 0 Å². The summed E-state index contributed by atoms with van der Waals surface area (Å²) in [4.78, 5) is 13.8. The van der Waals surface area contributed by atoms with Crippen LogP contribution in [-0.4, -0.2) is 26.0 Å². The minimum Gasteiger partial charge on any atom is -0.507 e. The summed E-state index contributed by atoms with van der Waals surface area (Å²) in [6.45, 7) is 3.23. The number of rotatable bonds is 3. The fourth-order valence-electron chi connectivity index (χ4n) is 1.44. The van der Waals surface area contributed by atoms with E-state index in [9.17, 15) is 9.90 Å². The van der Waals surface area contributed by atoms with Crippen LogP contribution in [0.5, 0.6) is 5.75 Å². The summed E-state index contributed by atoms with van der Waals surface area (Å²) >= 11 is 5.86. The Kier molecular flexibility index (Phi) is 3.99. The van der Waals surface area contributed by atoms with Crippen molar-refractivity contribution in [3.63, 3.8) is 0 Å². The third-order valence-electron chi connectivity index (χ3n) is 2.54. The molecule has 104 valence electrons. The molecule has 0 saturated heterocycles. The first-order chi connectivity index (χ1) is 9.47. The minimum absolute atomic E-state index is 0.0564. The van der Waals surface area contributed by atoms with Crippen LogP contribution in [0, 0.1) is 6.92 Å². The molecule has 2 rings (SSSR count). The monoisotopic (exact) mass is 293 g/mol. The molecule has 0 amide bonds. The Morgan fingerprint density at radius 3 is 2.90 bits per heavy atom. The number of nitrogens with one attached hydrogen (secondary N) is 2. The number of benzene rings is 1. The molecular formula is C12H12ClN5O2. The number of nitrogens with zero attached hydrogens (tertiary/aromatic N) is 3. The second kappa shape index (κ2) is 5.70. The molecule has 0 saturated carbocycles. The van der Waals surface area contributed by atoms with Crippen LogP contribution >= 0.6 is 11.6 Å². The van der Waals surface area contributed by atoms with Crippen molar-refractivity contribution in [2.75, 3.05) is 5.43 Å². The maximum Gasteiger partial charge on any atom is 0.274 e. The molecular weight excluding hydrogens is 282 g/mol. The van der Waals surface area contributed by atoms with Crippen molar-refractivity contribution < 1.29 is 5.11 Å². The van der Waals surface area contributed by atoms with Gasteiger partial charge in [0.15, 0.2) is 0 Å². The number of aromatic nitrogens is 3. The Morgan fingerprint density at radius 1 is 1.45 bits per heavy atom. The number of H-pyrrole nitrogens is 1. The molecule has 2 aromatic rings. The van der Waals surface area contributed by atoms with Gasteiger partial charge in [0.05, 0.1) is 5.71 Å². The van der Waals surface area contributed by atoms with Gasteiger partial charge in [-0.1, -0.05) is 11.6 Å². The predicted molar refractivity (Wildman–Crippen MR) is 76.3 cm³/mol. The second-order valence-corrected chi connectivity index (χ2v) is 4.50. The summed E-state index contributed by atoms with van der Waals surface area (Å²) in [5, 5.41) is 21.6. The fourth-order valence-corrected chi connectivity index (χ4v) is 1.61. The number of aromatic amines is 1. The van der Waals surface area contributed by atoms with Crippen LogP contribution in [0.25, 0.3) is 0 Å². The Balaban J connectivity index is 2.24. The summed E-state index contributed by atoms with van der Waals surface area (Å²) < 4.78 is 0. The molecule has 1 aromatic carbocycles. The van der Waals surface area contributed by atoms with Crippen molar-refractivity contribution in [2.45, 2.75) is 13.8 Å². The molecule has 0 aliphatic rings. The average molecular weight is 294 g/mol. The van der Waals surface area contributed by atoms with Gasteiger partial charge in [-0.3, -0.25) is 9.78 Å². The smallest absolute Gasteiger partial charge is 0.274 e. The van der Waals surface area contributed by atoms with E-state index >= 15 is 0 Å². The summed E-state index contributed by atoms with van der Waals surface area (Å²) in [7, 11) is 0. The van der Waals surface area contributed by atoms with Gasteiger partial charge in [-0.2, -0.15) is 5.10 Å². The van der Waals surface area contributed by atoms with Gasteiger partial charge in [0.1, 0.15) is 11.4 Å². The highest BCUT2D eigenvalue weighted by molar-refractivity contribution is 6.31. The number of aryl methyl sites for hydroxylation is 1. The molecule has 0 bridgehead atoms. The third-order valence-corrected chi connectivity index (χ3v) is 2.77. The zero-order chi connectivity index (χ0) is 14.7. The molecule has 0 aliphatic carbocycles. The van der Waals surface area contributed by atoms with E-state index in [1.165, 1.54) is 6.07 Å². The molecule has 0 atom stereocenters. The Labute approximate surface area is 119 Å². The van der Waals surface area contributed by atoms with Crippen molar-refractivity contribution in [1.82, 2.24) is 15.2 Å². The lowest BCUT2D eigenvalue weighted by Crippen LogP contribution is -2.16. The lowest BCUT2D eigenvalue weighted by Gasteiger charge is -2.05. The van der Waals surface area contributed by atoms with Gasteiger partial charge in [0, 0.05) is 10.6 Å². The second-order valence-electron chi connectivity index (χ2n) is 4.06. The van der Waals surface area contributed by atoms with E-state index in [-0.39, 0.29) is 23.0 Å². The van der Waals surface area contributed by atoms with Gasteiger partial charge in [0.2, 0.25) is 5.95 Å². The van der Waals surface area contributed by atoms with E-state index in [4.69, 9.17) is 11.6 Å². The SMILES string of the molecule is C/C(=N\Nc1nnc(C)c(=O)[nH]1)c1cc(Cl)ccc1O. The highest BCUT2D eigenvalue weighted by Crippen LogP contribution is 2.22. The van der Waals surface area contributed by atoms with Crippen molar-refractivity contribution in [3.8, 4) is 5.75 Å². The molecule has 0 fully saturated rings. The van der Waals surface area contributed by atoms with Crippen molar-refractivity contribution in [2.24, 2.45) is 5.10 Å². The maximum atomic E-state index is 11.3. The van der Waals surface area contributed by atoms with E-state index in [0.717, 1.165) is 0 Å². The van der Waals surface area contributed by atoms with Crippen molar-refractivity contribution in [1.29, 1.82) is 0 Å². The molecule has 0 aliphatic heterocycles. The van der Waals surface area contributed by atoms with Gasteiger partial charge in [-0.25, -0.2) is 5.43 Å². The quantitative estimate of drug-likeness (QED) is 0.590. The van der Waals surface area contributed by atoms with Gasteiger partial charge >= 0.3 is 0 Å². The first-order valence-corrected chi connectivity index (χ1v) is 6.08. The summed E-state index contributed by atoms with van der Waals surface area (Å²) in [5.41, 5.74) is 3.44. The van der Waals surface area contributed by atoms with Gasteiger partial charge in [-0.15, -0.1) is 10.2 Å². The largest absolute Gasteiger partial charge is 0.507 e. The summed E-state index contributed by atoms with van der Waals surface area (Å²) in [5.74, 6) is 0.169. The number of hydrogen-bond donors (Lipinski definition) is 3. The van der Waals surface area contributed by atoms with Crippen molar-refractivity contribution >= 4 is 23.3 Å². The number of phenols is 1. The first-order valence-electron chi connectivity index (χ1n) is 5.70. The number of hydrazone groups is 1. The molecule has 20 heavy (non-hydrogen) atoms. The standard InChI is InChI=1S/C12H12ClN5O2/c1-6(9-5-8(13)3-4-10(9)19)15-17-12-14-11(20)7(2)16-18-12/h3-5,19H,1-2H3,(H2,14,17,18,20)/b15-6+.